The maximum atomic E-state index is 11.7. The second kappa shape index (κ2) is 5.68. The third kappa shape index (κ3) is 3.75. The minimum absolute atomic E-state index is 0.0856. The van der Waals surface area contributed by atoms with Crippen molar-refractivity contribution in [2.75, 3.05) is 5.32 Å². The molecule has 1 fully saturated rings. The van der Waals surface area contributed by atoms with Gasteiger partial charge in [0.1, 0.15) is 0 Å². The highest BCUT2D eigenvalue weighted by Gasteiger charge is 2.21. The molecule has 2 rings (SSSR count). The van der Waals surface area contributed by atoms with Crippen LogP contribution in [0.2, 0.25) is 0 Å². The number of benzene rings is 1. The summed E-state index contributed by atoms with van der Waals surface area (Å²) in [5, 5.41) is 15.2. The summed E-state index contributed by atoms with van der Waals surface area (Å²) in [6.07, 6.45) is 3.14. The van der Waals surface area contributed by atoms with Crippen molar-refractivity contribution in [1.82, 2.24) is 5.32 Å². The van der Waals surface area contributed by atoms with Crippen LogP contribution < -0.4 is 10.6 Å². The summed E-state index contributed by atoms with van der Waals surface area (Å²) >= 11 is 0. The van der Waals surface area contributed by atoms with Crippen molar-refractivity contribution in [2.45, 2.75) is 37.8 Å². The molecule has 1 saturated carbocycles. The highest BCUT2D eigenvalue weighted by Crippen LogP contribution is 2.18. The van der Waals surface area contributed by atoms with Crippen molar-refractivity contribution < 1.29 is 9.90 Å². The van der Waals surface area contributed by atoms with Gasteiger partial charge in [-0.05, 0) is 37.8 Å². The third-order valence-corrected chi connectivity index (χ3v) is 3.01. The number of anilines is 1. The molecule has 1 aliphatic rings. The number of nitrogens with one attached hydrogen (secondary N) is 2. The van der Waals surface area contributed by atoms with Gasteiger partial charge >= 0.3 is 6.03 Å². The number of rotatable bonds is 2. The van der Waals surface area contributed by atoms with Crippen LogP contribution in [0, 0.1) is 0 Å². The zero-order valence-corrected chi connectivity index (χ0v) is 9.73. The number of aliphatic hydroxyl groups excluding tert-OH is 1. The minimum Gasteiger partial charge on any atom is -0.393 e. The van der Waals surface area contributed by atoms with Crippen LogP contribution in [-0.4, -0.2) is 23.3 Å². The second-order valence-electron chi connectivity index (χ2n) is 4.48. The molecule has 0 saturated heterocycles. The quantitative estimate of drug-likeness (QED) is 0.734. The lowest BCUT2D eigenvalue weighted by Crippen LogP contribution is -2.41. The number of hydrogen-bond acceptors (Lipinski definition) is 2. The molecule has 0 spiro atoms. The molecule has 0 heterocycles. The Labute approximate surface area is 101 Å². The Morgan fingerprint density at radius 1 is 1.24 bits per heavy atom. The topological polar surface area (TPSA) is 61.4 Å². The molecule has 2 atom stereocenters. The Bertz CT molecular complexity index is 367. The predicted molar refractivity (Wildman–Crippen MR) is 66.9 cm³/mol. The third-order valence-electron chi connectivity index (χ3n) is 3.01. The maximum Gasteiger partial charge on any atom is 0.319 e. The number of carbonyl (C=O) groups excluding carboxylic acids is 1. The van der Waals surface area contributed by atoms with E-state index in [9.17, 15) is 9.90 Å². The van der Waals surface area contributed by atoms with Crippen molar-refractivity contribution in [2.24, 2.45) is 0 Å². The fourth-order valence-electron chi connectivity index (χ4n) is 2.17. The van der Waals surface area contributed by atoms with Gasteiger partial charge in [-0.3, -0.25) is 0 Å². The first-order valence-corrected chi connectivity index (χ1v) is 6.04. The lowest BCUT2D eigenvalue weighted by Gasteiger charge is -2.26. The average Bonchev–Trinajstić information content (AvgIpc) is 2.30. The first kappa shape index (κ1) is 11.9. The molecule has 1 aliphatic carbocycles. The Balaban J connectivity index is 1.81. The summed E-state index contributed by atoms with van der Waals surface area (Å²) in [5.74, 6) is 0. The molecule has 4 heteroatoms. The summed E-state index contributed by atoms with van der Waals surface area (Å²) in [6, 6.07) is 9.23. The standard InChI is InChI=1S/C13H18N2O2/c16-12-8-4-7-11(9-12)15-13(17)14-10-5-2-1-3-6-10/h1-3,5-6,11-12,16H,4,7-9H2,(H2,14,15,17)/t11-,12+/m1/s1. The first-order valence-electron chi connectivity index (χ1n) is 6.04. The van der Waals surface area contributed by atoms with E-state index in [0.717, 1.165) is 24.9 Å². The lowest BCUT2D eigenvalue weighted by molar-refractivity contribution is 0.114. The summed E-state index contributed by atoms with van der Waals surface area (Å²) in [4.78, 5) is 11.7. The van der Waals surface area contributed by atoms with Crippen LogP contribution in [0.15, 0.2) is 30.3 Å². The van der Waals surface area contributed by atoms with E-state index in [1.807, 2.05) is 30.3 Å². The summed E-state index contributed by atoms with van der Waals surface area (Å²) in [6.45, 7) is 0. The average molecular weight is 234 g/mol. The number of hydrogen-bond donors (Lipinski definition) is 3. The molecule has 0 aliphatic heterocycles. The first-order chi connectivity index (χ1) is 8.24. The Kier molecular flexibility index (Phi) is 3.98. The lowest BCUT2D eigenvalue weighted by atomic mass is 9.93. The zero-order valence-electron chi connectivity index (χ0n) is 9.73. The van der Waals surface area contributed by atoms with E-state index in [-0.39, 0.29) is 18.2 Å². The van der Waals surface area contributed by atoms with Crippen LogP contribution in [0.4, 0.5) is 10.5 Å². The van der Waals surface area contributed by atoms with Gasteiger partial charge in [0, 0.05) is 11.7 Å². The number of aliphatic hydroxyl groups is 1. The smallest absolute Gasteiger partial charge is 0.319 e. The molecular formula is C13H18N2O2. The van der Waals surface area contributed by atoms with Crippen LogP contribution in [0.25, 0.3) is 0 Å². The van der Waals surface area contributed by atoms with E-state index >= 15 is 0 Å². The Morgan fingerprint density at radius 2 is 2.00 bits per heavy atom. The van der Waals surface area contributed by atoms with Gasteiger partial charge in [-0.25, -0.2) is 4.79 Å². The van der Waals surface area contributed by atoms with Gasteiger partial charge in [0.05, 0.1) is 6.10 Å². The highest BCUT2D eigenvalue weighted by molar-refractivity contribution is 5.89. The van der Waals surface area contributed by atoms with Crippen molar-refractivity contribution in [3.8, 4) is 0 Å². The van der Waals surface area contributed by atoms with E-state index in [0.29, 0.717) is 6.42 Å². The van der Waals surface area contributed by atoms with Crippen LogP contribution in [-0.2, 0) is 0 Å². The van der Waals surface area contributed by atoms with Crippen LogP contribution in [0.1, 0.15) is 25.7 Å². The van der Waals surface area contributed by atoms with E-state index in [1.165, 1.54) is 0 Å². The van der Waals surface area contributed by atoms with Crippen molar-refractivity contribution in [1.29, 1.82) is 0 Å². The molecule has 0 aromatic heterocycles. The van der Waals surface area contributed by atoms with Gasteiger partial charge in [0.15, 0.2) is 0 Å². The molecular weight excluding hydrogens is 216 g/mol. The molecule has 2 amide bonds. The Morgan fingerprint density at radius 3 is 2.71 bits per heavy atom. The predicted octanol–water partition coefficient (Wildman–Crippen LogP) is 2.11. The largest absolute Gasteiger partial charge is 0.393 e. The van der Waals surface area contributed by atoms with Crippen molar-refractivity contribution in [3.63, 3.8) is 0 Å². The summed E-state index contributed by atoms with van der Waals surface area (Å²) < 4.78 is 0. The molecule has 1 aromatic carbocycles. The van der Waals surface area contributed by atoms with Gasteiger partial charge in [-0.2, -0.15) is 0 Å². The van der Waals surface area contributed by atoms with Gasteiger partial charge in [0.2, 0.25) is 0 Å². The van der Waals surface area contributed by atoms with Crippen LogP contribution in [0.3, 0.4) is 0 Å². The second-order valence-corrected chi connectivity index (χ2v) is 4.48. The number of urea groups is 1. The van der Waals surface area contributed by atoms with Gasteiger partial charge < -0.3 is 15.7 Å². The molecule has 17 heavy (non-hydrogen) atoms. The van der Waals surface area contributed by atoms with Gasteiger partial charge in [-0.15, -0.1) is 0 Å². The molecule has 3 N–H and O–H groups in total. The maximum absolute atomic E-state index is 11.7. The van der Waals surface area contributed by atoms with Gasteiger partial charge in [0.25, 0.3) is 0 Å². The number of para-hydroxylation sites is 1. The monoisotopic (exact) mass is 234 g/mol. The summed E-state index contributed by atoms with van der Waals surface area (Å²) in [7, 11) is 0. The molecule has 0 unspecified atom stereocenters. The minimum atomic E-state index is -0.272. The molecule has 92 valence electrons. The normalized spacial score (nSPS) is 24.1. The molecule has 0 bridgehead atoms. The highest BCUT2D eigenvalue weighted by atomic mass is 16.3. The fraction of sp³-hybridized carbons (Fsp3) is 0.462. The SMILES string of the molecule is O=C(Nc1ccccc1)N[C@@H]1CCC[C@H](O)C1. The van der Waals surface area contributed by atoms with E-state index in [2.05, 4.69) is 10.6 Å². The van der Waals surface area contributed by atoms with E-state index < -0.39 is 0 Å². The number of amides is 2. The zero-order chi connectivity index (χ0) is 12.1. The van der Waals surface area contributed by atoms with Gasteiger partial charge in [-0.1, -0.05) is 18.2 Å². The number of carbonyl (C=O) groups is 1. The van der Waals surface area contributed by atoms with E-state index in [1.54, 1.807) is 0 Å². The Hall–Kier alpha value is -1.55. The van der Waals surface area contributed by atoms with Crippen molar-refractivity contribution in [3.05, 3.63) is 30.3 Å². The molecule has 0 radical (unpaired) electrons. The van der Waals surface area contributed by atoms with E-state index in [4.69, 9.17) is 0 Å². The fourth-order valence-corrected chi connectivity index (χ4v) is 2.17. The summed E-state index contributed by atoms with van der Waals surface area (Å²) in [5.41, 5.74) is 0.779. The van der Waals surface area contributed by atoms with Crippen LogP contribution in [0.5, 0.6) is 0 Å². The van der Waals surface area contributed by atoms with Crippen molar-refractivity contribution >= 4 is 11.7 Å². The molecule has 1 aromatic rings. The molecule has 4 nitrogen and oxygen atoms in total. The van der Waals surface area contributed by atoms with Crippen LogP contribution >= 0.6 is 0 Å².